The van der Waals surface area contributed by atoms with E-state index in [1.807, 2.05) is 0 Å². The molecule has 3 heteroatoms. The van der Waals surface area contributed by atoms with Crippen LogP contribution in [0.4, 0.5) is 0 Å². The highest BCUT2D eigenvalue weighted by atomic mass is 15.1. The molecule has 17 heavy (non-hydrogen) atoms. The normalized spacial score (nSPS) is 12.6. The summed E-state index contributed by atoms with van der Waals surface area (Å²) in [6.45, 7) is 7.64. The topological polar surface area (TPSA) is 31.9 Å². The maximum atomic E-state index is 4.41. The third kappa shape index (κ3) is 2.50. The molecule has 0 fully saturated rings. The van der Waals surface area contributed by atoms with Crippen LogP contribution >= 0.6 is 0 Å². The molecule has 0 bridgehead atoms. The first-order valence-electron chi connectivity index (χ1n) is 5.99. The number of benzene rings is 1. The Balaban J connectivity index is 2.58. The van der Waals surface area contributed by atoms with Crippen molar-refractivity contribution in [3.05, 3.63) is 29.6 Å². The van der Waals surface area contributed by atoms with Crippen molar-refractivity contribution in [2.45, 2.75) is 32.7 Å². The van der Waals surface area contributed by atoms with Gasteiger partial charge in [0, 0.05) is 6.54 Å². The Bertz CT molecular complexity index is 518. The van der Waals surface area contributed by atoms with Gasteiger partial charge < -0.3 is 9.88 Å². The van der Waals surface area contributed by atoms with Gasteiger partial charge in [-0.25, -0.2) is 4.98 Å². The molecule has 2 rings (SSSR count). The van der Waals surface area contributed by atoms with Gasteiger partial charge in [-0.1, -0.05) is 26.8 Å². The molecular formula is C14H21N3. The summed E-state index contributed by atoms with van der Waals surface area (Å²) in [6.07, 6.45) is 1.77. The van der Waals surface area contributed by atoms with Gasteiger partial charge in [-0.2, -0.15) is 0 Å². The zero-order valence-electron chi connectivity index (χ0n) is 11.3. The first-order valence-corrected chi connectivity index (χ1v) is 5.99. The monoisotopic (exact) mass is 231 g/mol. The van der Waals surface area contributed by atoms with E-state index in [-0.39, 0.29) is 5.41 Å². The van der Waals surface area contributed by atoms with E-state index in [1.165, 1.54) is 11.1 Å². The number of imidazole rings is 1. The quantitative estimate of drug-likeness (QED) is 0.861. The molecule has 92 valence electrons. The number of aromatic amines is 1. The SMILES string of the molecule is CN(C)Cc1cc(C(C)(C)C)cc2[nH]cnc12. The Morgan fingerprint density at radius 1 is 1.24 bits per heavy atom. The summed E-state index contributed by atoms with van der Waals surface area (Å²) in [5, 5.41) is 0. The second-order valence-corrected chi connectivity index (χ2v) is 5.92. The van der Waals surface area contributed by atoms with E-state index in [2.05, 4.69) is 61.9 Å². The van der Waals surface area contributed by atoms with Gasteiger partial charge in [-0.05, 0) is 36.7 Å². The molecule has 1 aromatic carbocycles. The Hall–Kier alpha value is -1.35. The van der Waals surface area contributed by atoms with Crippen molar-refractivity contribution in [1.29, 1.82) is 0 Å². The Kier molecular flexibility index (Phi) is 2.96. The number of H-pyrrole nitrogens is 1. The third-order valence-electron chi connectivity index (χ3n) is 2.96. The summed E-state index contributed by atoms with van der Waals surface area (Å²) >= 11 is 0. The highest BCUT2D eigenvalue weighted by Gasteiger charge is 2.17. The number of hydrogen-bond donors (Lipinski definition) is 1. The maximum Gasteiger partial charge on any atom is 0.0932 e. The molecule has 2 aromatic rings. The molecule has 0 saturated heterocycles. The fraction of sp³-hybridized carbons (Fsp3) is 0.500. The molecule has 0 aliphatic rings. The summed E-state index contributed by atoms with van der Waals surface area (Å²) < 4.78 is 0. The standard InChI is InChI=1S/C14H21N3/c1-14(2,3)11-6-10(8-17(4)5)13-12(7-11)15-9-16-13/h6-7,9H,8H2,1-5H3,(H,15,16). The predicted molar refractivity (Wildman–Crippen MR) is 72.2 cm³/mol. The van der Waals surface area contributed by atoms with E-state index >= 15 is 0 Å². The highest BCUT2D eigenvalue weighted by molar-refractivity contribution is 5.79. The molecule has 1 aromatic heterocycles. The third-order valence-corrected chi connectivity index (χ3v) is 2.96. The van der Waals surface area contributed by atoms with Crippen LogP contribution in [0.5, 0.6) is 0 Å². The van der Waals surface area contributed by atoms with Gasteiger partial charge in [0.25, 0.3) is 0 Å². The fourth-order valence-electron chi connectivity index (χ4n) is 2.02. The second kappa shape index (κ2) is 4.15. The number of nitrogens with one attached hydrogen (secondary N) is 1. The molecule has 0 aliphatic heterocycles. The van der Waals surface area contributed by atoms with Crippen LogP contribution in [0, 0.1) is 0 Å². The minimum atomic E-state index is 0.167. The number of rotatable bonds is 2. The van der Waals surface area contributed by atoms with Gasteiger partial charge in [0.1, 0.15) is 0 Å². The van der Waals surface area contributed by atoms with Crippen LogP contribution in [-0.2, 0) is 12.0 Å². The minimum absolute atomic E-state index is 0.167. The summed E-state index contributed by atoms with van der Waals surface area (Å²) in [4.78, 5) is 9.81. The lowest BCUT2D eigenvalue weighted by Gasteiger charge is -2.21. The number of hydrogen-bond acceptors (Lipinski definition) is 2. The van der Waals surface area contributed by atoms with Crippen molar-refractivity contribution >= 4 is 11.0 Å². The van der Waals surface area contributed by atoms with Gasteiger partial charge in [0.05, 0.1) is 17.4 Å². The number of fused-ring (bicyclic) bond motifs is 1. The van der Waals surface area contributed by atoms with Gasteiger partial charge in [0.2, 0.25) is 0 Å². The summed E-state index contributed by atoms with van der Waals surface area (Å²) in [5.74, 6) is 0. The Morgan fingerprint density at radius 2 is 1.94 bits per heavy atom. The Labute approximate surface area is 103 Å². The van der Waals surface area contributed by atoms with E-state index in [9.17, 15) is 0 Å². The second-order valence-electron chi connectivity index (χ2n) is 5.92. The van der Waals surface area contributed by atoms with E-state index in [4.69, 9.17) is 0 Å². The summed E-state index contributed by atoms with van der Waals surface area (Å²) in [6, 6.07) is 4.49. The van der Waals surface area contributed by atoms with Crippen molar-refractivity contribution in [2.24, 2.45) is 0 Å². The molecule has 0 aliphatic carbocycles. The zero-order valence-corrected chi connectivity index (χ0v) is 11.3. The first kappa shape index (κ1) is 12.1. The predicted octanol–water partition coefficient (Wildman–Crippen LogP) is 2.92. The first-order chi connectivity index (χ1) is 7.88. The van der Waals surface area contributed by atoms with E-state index in [0.29, 0.717) is 0 Å². The molecule has 0 radical (unpaired) electrons. The van der Waals surface area contributed by atoms with Crippen molar-refractivity contribution in [2.75, 3.05) is 14.1 Å². The number of nitrogens with zero attached hydrogens (tertiary/aromatic N) is 2. The molecule has 0 spiro atoms. The number of aromatic nitrogens is 2. The average molecular weight is 231 g/mol. The maximum absolute atomic E-state index is 4.41. The largest absolute Gasteiger partial charge is 0.345 e. The zero-order chi connectivity index (χ0) is 12.6. The van der Waals surface area contributed by atoms with Gasteiger partial charge in [-0.15, -0.1) is 0 Å². The average Bonchev–Trinajstić information content (AvgIpc) is 2.62. The van der Waals surface area contributed by atoms with E-state index in [1.54, 1.807) is 6.33 Å². The highest BCUT2D eigenvalue weighted by Crippen LogP contribution is 2.27. The van der Waals surface area contributed by atoms with Crippen LogP contribution in [0.25, 0.3) is 11.0 Å². The van der Waals surface area contributed by atoms with Crippen molar-refractivity contribution in [1.82, 2.24) is 14.9 Å². The lowest BCUT2D eigenvalue weighted by atomic mass is 9.85. The molecule has 0 amide bonds. The molecular weight excluding hydrogens is 210 g/mol. The van der Waals surface area contributed by atoms with Crippen LogP contribution in [-0.4, -0.2) is 29.0 Å². The molecule has 3 nitrogen and oxygen atoms in total. The molecule has 1 N–H and O–H groups in total. The van der Waals surface area contributed by atoms with Gasteiger partial charge >= 0.3 is 0 Å². The fourth-order valence-corrected chi connectivity index (χ4v) is 2.02. The lowest BCUT2D eigenvalue weighted by Crippen LogP contribution is -2.15. The van der Waals surface area contributed by atoms with Gasteiger partial charge in [-0.3, -0.25) is 0 Å². The smallest absolute Gasteiger partial charge is 0.0932 e. The van der Waals surface area contributed by atoms with Crippen molar-refractivity contribution < 1.29 is 0 Å². The van der Waals surface area contributed by atoms with Crippen molar-refractivity contribution in [3.8, 4) is 0 Å². The summed E-state index contributed by atoms with van der Waals surface area (Å²) in [5.41, 5.74) is 5.03. The van der Waals surface area contributed by atoms with Crippen LogP contribution in [0.15, 0.2) is 18.5 Å². The van der Waals surface area contributed by atoms with Gasteiger partial charge in [0.15, 0.2) is 0 Å². The van der Waals surface area contributed by atoms with Crippen LogP contribution < -0.4 is 0 Å². The molecule has 0 atom stereocenters. The molecule has 0 saturated carbocycles. The van der Waals surface area contributed by atoms with Crippen molar-refractivity contribution in [3.63, 3.8) is 0 Å². The minimum Gasteiger partial charge on any atom is -0.345 e. The molecule has 1 heterocycles. The lowest BCUT2D eigenvalue weighted by molar-refractivity contribution is 0.403. The van der Waals surface area contributed by atoms with Crippen LogP contribution in [0.3, 0.4) is 0 Å². The van der Waals surface area contributed by atoms with E-state index < -0.39 is 0 Å². The van der Waals surface area contributed by atoms with Crippen LogP contribution in [0.1, 0.15) is 31.9 Å². The van der Waals surface area contributed by atoms with Crippen LogP contribution in [0.2, 0.25) is 0 Å². The van der Waals surface area contributed by atoms with E-state index in [0.717, 1.165) is 17.6 Å². The summed E-state index contributed by atoms with van der Waals surface area (Å²) in [7, 11) is 4.17. The molecule has 0 unspecified atom stereocenters. The Morgan fingerprint density at radius 3 is 2.53 bits per heavy atom.